The molecule has 0 fully saturated rings. The van der Waals surface area contributed by atoms with Crippen LogP contribution >= 0.6 is 0 Å². The third-order valence-corrected chi connectivity index (χ3v) is 2.15. The number of benzene rings is 1. The molecular formula is C12H17FO2. The van der Waals surface area contributed by atoms with Gasteiger partial charge in [0.2, 0.25) is 0 Å². The predicted molar refractivity (Wildman–Crippen MR) is 57.5 cm³/mol. The highest BCUT2D eigenvalue weighted by atomic mass is 19.1. The zero-order valence-corrected chi connectivity index (χ0v) is 9.25. The van der Waals surface area contributed by atoms with Crippen LogP contribution in [0, 0.1) is 5.82 Å². The van der Waals surface area contributed by atoms with Gasteiger partial charge in [0.05, 0.1) is 0 Å². The number of rotatable bonds is 6. The second-order valence-corrected chi connectivity index (χ2v) is 3.42. The van der Waals surface area contributed by atoms with Crippen LogP contribution in [0.5, 0.6) is 5.75 Å². The minimum Gasteiger partial charge on any atom is -0.464 e. The molecule has 0 heterocycles. The number of hydrogen-bond donors (Lipinski definition) is 0. The molecule has 0 saturated carbocycles. The van der Waals surface area contributed by atoms with Crippen LogP contribution in [-0.2, 0) is 11.2 Å². The van der Waals surface area contributed by atoms with Crippen LogP contribution in [0.25, 0.3) is 0 Å². The van der Waals surface area contributed by atoms with E-state index in [0.29, 0.717) is 0 Å². The van der Waals surface area contributed by atoms with Crippen LogP contribution in [0.3, 0.4) is 0 Å². The second-order valence-electron chi connectivity index (χ2n) is 3.42. The number of hydrogen-bond acceptors (Lipinski definition) is 2. The smallest absolute Gasteiger partial charge is 0.188 e. The Bertz CT molecular complexity index is 300. The van der Waals surface area contributed by atoms with E-state index in [-0.39, 0.29) is 18.4 Å². The van der Waals surface area contributed by atoms with Gasteiger partial charge in [-0.15, -0.1) is 0 Å². The predicted octanol–water partition coefficient (Wildman–Crippen LogP) is 3.15. The Balaban J connectivity index is 2.61. The zero-order valence-electron chi connectivity index (χ0n) is 9.25. The highest BCUT2D eigenvalue weighted by Gasteiger charge is 2.04. The fraction of sp³-hybridized carbons (Fsp3) is 0.500. The van der Waals surface area contributed by atoms with Gasteiger partial charge in [-0.2, -0.15) is 0 Å². The molecule has 1 aromatic rings. The molecule has 0 bridgehead atoms. The Labute approximate surface area is 90.0 Å². The minimum atomic E-state index is -0.319. The van der Waals surface area contributed by atoms with E-state index >= 15 is 0 Å². The molecule has 0 aliphatic rings. The van der Waals surface area contributed by atoms with Crippen molar-refractivity contribution in [2.24, 2.45) is 0 Å². The normalized spacial score (nSPS) is 10.3. The van der Waals surface area contributed by atoms with E-state index in [1.54, 1.807) is 6.07 Å². The number of halogens is 1. The summed E-state index contributed by atoms with van der Waals surface area (Å²) in [5.74, 6) is -0.0715. The van der Waals surface area contributed by atoms with Gasteiger partial charge < -0.3 is 9.47 Å². The SMILES string of the molecule is CCCCc1ccc(OCOC)c(F)c1. The zero-order chi connectivity index (χ0) is 11.1. The molecule has 0 aromatic heterocycles. The summed E-state index contributed by atoms with van der Waals surface area (Å²) in [6, 6.07) is 5.07. The first-order valence-electron chi connectivity index (χ1n) is 5.18. The lowest BCUT2D eigenvalue weighted by Crippen LogP contribution is -2.01. The third-order valence-electron chi connectivity index (χ3n) is 2.15. The van der Waals surface area contributed by atoms with Gasteiger partial charge in [0.1, 0.15) is 0 Å². The van der Waals surface area contributed by atoms with Gasteiger partial charge >= 0.3 is 0 Å². The standard InChI is InChI=1S/C12H17FO2/c1-3-4-5-10-6-7-12(11(13)8-10)15-9-14-2/h6-8H,3-5,9H2,1-2H3. The van der Waals surface area contributed by atoms with Crippen LogP contribution in [0.4, 0.5) is 4.39 Å². The highest BCUT2D eigenvalue weighted by molar-refractivity contribution is 5.29. The summed E-state index contributed by atoms with van der Waals surface area (Å²) < 4.78 is 23.2. The summed E-state index contributed by atoms with van der Waals surface area (Å²) in [7, 11) is 1.51. The molecular weight excluding hydrogens is 195 g/mol. The molecule has 0 amide bonds. The molecule has 1 aromatic carbocycles. The van der Waals surface area contributed by atoms with Crippen molar-refractivity contribution in [1.82, 2.24) is 0 Å². The Morgan fingerprint density at radius 3 is 2.73 bits per heavy atom. The maximum absolute atomic E-state index is 13.4. The molecule has 0 radical (unpaired) electrons. The first-order chi connectivity index (χ1) is 7.27. The lowest BCUT2D eigenvalue weighted by Gasteiger charge is -2.07. The van der Waals surface area contributed by atoms with Gasteiger partial charge in [0.25, 0.3) is 0 Å². The van der Waals surface area contributed by atoms with Crippen LogP contribution in [0.1, 0.15) is 25.3 Å². The van der Waals surface area contributed by atoms with E-state index in [1.165, 1.54) is 13.2 Å². The summed E-state index contributed by atoms with van der Waals surface area (Å²) in [6.45, 7) is 2.19. The molecule has 0 aliphatic carbocycles. The highest BCUT2D eigenvalue weighted by Crippen LogP contribution is 2.19. The van der Waals surface area contributed by atoms with E-state index in [4.69, 9.17) is 9.47 Å². The molecule has 0 unspecified atom stereocenters. The average Bonchev–Trinajstić information content (AvgIpc) is 2.25. The number of unbranched alkanes of at least 4 members (excludes halogenated alkanes) is 1. The number of aryl methyl sites for hydroxylation is 1. The molecule has 84 valence electrons. The van der Waals surface area contributed by atoms with Crippen molar-refractivity contribution < 1.29 is 13.9 Å². The topological polar surface area (TPSA) is 18.5 Å². The molecule has 15 heavy (non-hydrogen) atoms. The quantitative estimate of drug-likeness (QED) is 0.674. The molecule has 3 heteroatoms. The van der Waals surface area contributed by atoms with E-state index < -0.39 is 0 Å². The van der Waals surface area contributed by atoms with Gasteiger partial charge in [-0.25, -0.2) is 4.39 Å². The largest absolute Gasteiger partial charge is 0.464 e. The summed E-state index contributed by atoms with van der Waals surface area (Å²) in [5.41, 5.74) is 1.01. The van der Waals surface area contributed by atoms with Crippen molar-refractivity contribution in [3.63, 3.8) is 0 Å². The Morgan fingerprint density at radius 2 is 2.13 bits per heavy atom. The summed E-state index contributed by atoms with van der Waals surface area (Å²) in [6.07, 6.45) is 3.11. The van der Waals surface area contributed by atoms with Gasteiger partial charge in [-0.1, -0.05) is 19.4 Å². The Kier molecular flexibility index (Phi) is 5.12. The Morgan fingerprint density at radius 1 is 1.33 bits per heavy atom. The molecule has 1 rings (SSSR count). The summed E-state index contributed by atoms with van der Waals surface area (Å²) in [5, 5.41) is 0. The van der Waals surface area contributed by atoms with Crippen LogP contribution in [0.15, 0.2) is 18.2 Å². The number of ether oxygens (including phenoxy) is 2. The lowest BCUT2D eigenvalue weighted by atomic mass is 10.1. The van der Waals surface area contributed by atoms with Crippen molar-refractivity contribution in [3.8, 4) is 5.75 Å². The summed E-state index contributed by atoms with van der Waals surface area (Å²) in [4.78, 5) is 0. The van der Waals surface area contributed by atoms with Gasteiger partial charge in [0, 0.05) is 7.11 Å². The average molecular weight is 212 g/mol. The van der Waals surface area contributed by atoms with Gasteiger partial charge in [0.15, 0.2) is 18.4 Å². The molecule has 0 saturated heterocycles. The van der Waals surface area contributed by atoms with Crippen molar-refractivity contribution in [1.29, 1.82) is 0 Å². The fourth-order valence-electron chi connectivity index (χ4n) is 1.32. The Hall–Kier alpha value is -1.09. The van der Waals surface area contributed by atoms with Gasteiger partial charge in [-0.05, 0) is 30.5 Å². The number of methoxy groups -OCH3 is 1. The third kappa shape index (κ3) is 3.88. The van der Waals surface area contributed by atoms with Crippen molar-refractivity contribution in [2.75, 3.05) is 13.9 Å². The molecule has 2 nitrogen and oxygen atoms in total. The van der Waals surface area contributed by atoms with Crippen molar-refractivity contribution >= 4 is 0 Å². The monoisotopic (exact) mass is 212 g/mol. The minimum absolute atomic E-state index is 0.0746. The first kappa shape index (κ1) is 12.0. The molecule has 0 spiro atoms. The van der Waals surface area contributed by atoms with E-state index in [0.717, 1.165) is 24.8 Å². The van der Waals surface area contributed by atoms with E-state index in [9.17, 15) is 4.39 Å². The maximum atomic E-state index is 13.4. The fourth-order valence-corrected chi connectivity index (χ4v) is 1.32. The molecule has 0 N–H and O–H groups in total. The van der Waals surface area contributed by atoms with E-state index in [2.05, 4.69) is 6.92 Å². The second kappa shape index (κ2) is 6.40. The van der Waals surface area contributed by atoms with Crippen LogP contribution < -0.4 is 4.74 Å². The van der Waals surface area contributed by atoms with Crippen LogP contribution in [0.2, 0.25) is 0 Å². The van der Waals surface area contributed by atoms with Crippen molar-refractivity contribution in [3.05, 3.63) is 29.6 Å². The molecule has 0 aliphatic heterocycles. The van der Waals surface area contributed by atoms with Crippen molar-refractivity contribution in [2.45, 2.75) is 26.2 Å². The molecule has 0 atom stereocenters. The lowest BCUT2D eigenvalue weighted by molar-refractivity contribution is 0.0483. The summed E-state index contributed by atoms with van der Waals surface area (Å²) >= 11 is 0. The first-order valence-corrected chi connectivity index (χ1v) is 5.18. The van der Waals surface area contributed by atoms with Gasteiger partial charge in [-0.3, -0.25) is 0 Å². The van der Waals surface area contributed by atoms with Crippen LogP contribution in [-0.4, -0.2) is 13.9 Å². The maximum Gasteiger partial charge on any atom is 0.188 e. The van der Waals surface area contributed by atoms with E-state index in [1.807, 2.05) is 6.07 Å².